The molecule has 0 aliphatic carbocycles. The summed E-state index contributed by atoms with van der Waals surface area (Å²) in [5.74, 6) is 2.13. The summed E-state index contributed by atoms with van der Waals surface area (Å²) in [6.45, 7) is 0.625. The highest BCUT2D eigenvalue weighted by molar-refractivity contribution is 5.79. The molecule has 0 aliphatic rings. The maximum absolute atomic E-state index is 12.7. The Morgan fingerprint density at radius 1 is 1.20 bits per heavy atom. The lowest BCUT2D eigenvalue weighted by Gasteiger charge is -2.16. The van der Waals surface area contributed by atoms with E-state index < -0.39 is 6.61 Å². The number of rotatable bonds is 8. The quantitative estimate of drug-likeness (QED) is 0.435. The van der Waals surface area contributed by atoms with Crippen LogP contribution in [0.4, 0.5) is 8.78 Å². The SMILES string of the molecule is CN=C(NCCn1c(C)nc2ccccc21)NCc1cc(OC)ccc1OC(F)F. The Morgan fingerprint density at radius 2 is 2.00 bits per heavy atom. The van der Waals surface area contributed by atoms with Gasteiger partial charge in [-0.2, -0.15) is 8.78 Å². The number of para-hydroxylation sites is 2. The van der Waals surface area contributed by atoms with Gasteiger partial charge in [0.1, 0.15) is 17.3 Å². The molecule has 2 aromatic carbocycles. The third kappa shape index (κ3) is 5.16. The van der Waals surface area contributed by atoms with Gasteiger partial charge in [0, 0.05) is 32.2 Å². The maximum atomic E-state index is 12.7. The fourth-order valence-electron chi connectivity index (χ4n) is 3.20. The molecule has 3 rings (SSSR count). The van der Waals surface area contributed by atoms with Crippen molar-refractivity contribution >= 4 is 17.0 Å². The highest BCUT2D eigenvalue weighted by Gasteiger charge is 2.12. The number of benzene rings is 2. The Bertz CT molecular complexity index is 1020. The molecule has 0 fully saturated rings. The van der Waals surface area contributed by atoms with Gasteiger partial charge in [-0.3, -0.25) is 4.99 Å². The van der Waals surface area contributed by atoms with Crippen LogP contribution in [-0.2, 0) is 13.1 Å². The van der Waals surface area contributed by atoms with E-state index in [1.54, 1.807) is 19.2 Å². The molecule has 7 nitrogen and oxygen atoms in total. The molecular formula is C21H25F2N5O2. The van der Waals surface area contributed by atoms with Crippen molar-refractivity contribution in [2.24, 2.45) is 4.99 Å². The van der Waals surface area contributed by atoms with E-state index in [1.807, 2.05) is 31.2 Å². The van der Waals surface area contributed by atoms with Crippen molar-refractivity contribution in [2.45, 2.75) is 26.6 Å². The van der Waals surface area contributed by atoms with Gasteiger partial charge in [0.05, 0.1) is 18.1 Å². The first-order chi connectivity index (χ1) is 14.5. The average Bonchev–Trinajstić information content (AvgIpc) is 3.06. The smallest absolute Gasteiger partial charge is 0.387 e. The van der Waals surface area contributed by atoms with Crippen LogP contribution < -0.4 is 20.1 Å². The van der Waals surface area contributed by atoms with Crippen molar-refractivity contribution in [1.82, 2.24) is 20.2 Å². The van der Waals surface area contributed by atoms with Crippen LogP contribution in [0.3, 0.4) is 0 Å². The van der Waals surface area contributed by atoms with Gasteiger partial charge in [0.15, 0.2) is 5.96 Å². The molecule has 9 heteroatoms. The summed E-state index contributed by atoms with van der Waals surface area (Å²) in [6, 6.07) is 12.7. The third-order valence-corrected chi connectivity index (χ3v) is 4.63. The van der Waals surface area contributed by atoms with Crippen LogP contribution in [0.2, 0.25) is 0 Å². The molecule has 0 spiro atoms. The topological polar surface area (TPSA) is 72.7 Å². The second kappa shape index (κ2) is 9.91. The Morgan fingerprint density at radius 3 is 2.73 bits per heavy atom. The summed E-state index contributed by atoms with van der Waals surface area (Å²) in [6.07, 6.45) is 0. The zero-order valence-electron chi connectivity index (χ0n) is 17.2. The minimum Gasteiger partial charge on any atom is -0.497 e. The summed E-state index contributed by atoms with van der Waals surface area (Å²) in [4.78, 5) is 8.75. The van der Waals surface area contributed by atoms with Crippen LogP contribution in [-0.4, -0.2) is 42.8 Å². The highest BCUT2D eigenvalue weighted by atomic mass is 19.3. The molecule has 1 aromatic heterocycles. The monoisotopic (exact) mass is 417 g/mol. The maximum Gasteiger partial charge on any atom is 0.387 e. The summed E-state index contributed by atoms with van der Waals surface area (Å²) < 4.78 is 37.3. The van der Waals surface area contributed by atoms with Crippen molar-refractivity contribution in [1.29, 1.82) is 0 Å². The Balaban J connectivity index is 1.61. The molecule has 0 radical (unpaired) electrons. The Kier molecular flexibility index (Phi) is 7.05. The largest absolute Gasteiger partial charge is 0.497 e. The molecule has 1 heterocycles. The predicted molar refractivity (Wildman–Crippen MR) is 112 cm³/mol. The van der Waals surface area contributed by atoms with E-state index >= 15 is 0 Å². The van der Waals surface area contributed by atoms with Gasteiger partial charge >= 0.3 is 6.61 Å². The summed E-state index contributed by atoms with van der Waals surface area (Å²) >= 11 is 0. The fraction of sp³-hybridized carbons (Fsp3) is 0.333. The van der Waals surface area contributed by atoms with E-state index in [0.29, 0.717) is 30.4 Å². The molecule has 30 heavy (non-hydrogen) atoms. The second-order valence-electron chi connectivity index (χ2n) is 6.50. The van der Waals surface area contributed by atoms with Gasteiger partial charge in [0.2, 0.25) is 0 Å². The van der Waals surface area contributed by atoms with Crippen molar-refractivity contribution in [2.75, 3.05) is 20.7 Å². The zero-order chi connectivity index (χ0) is 21.5. The lowest BCUT2D eigenvalue weighted by atomic mass is 10.2. The standard InChI is InChI=1S/C21H25F2N5O2/c1-14-27-17-6-4-5-7-18(17)28(14)11-10-25-21(24-2)26-13-15-12-16(29-3)8-9-19(15)30-20(22)23/h4-9,12,20H,10-11,13H2,1-3H3,(H2,24,25,26). The van der Waals surface area contributed by atoms with Crippen molar-refractivity contribution in [3.63, 3.8) is 0 Å². The van der Waals surface area contributed by atoms with Gasteiger partial charge < -0.3 is 24.7 Å². The molecule has 0 bridgehead atoms. The van der Waals surface area contributed by atoms with Crippen LogP contribution in [0.15, 0.2) is 47.5 Å². The molecule has 3 aromatic rings. The molecule has 0 amide bonds. The second-order valence-corrected chi connectivity index (χ2v) is 6.50. The zero-order valence-corrected chi connectivity index (χ0v) is 17.2. The number of aryl methyl sites for hydroxylation is 1. The summed E-state index contributed by atoms with van der Waals surface area (Å²) in [5, 5.41) is 6.34. The van der Waals surface area contributed by atoms with Crippen molar-refractivity contribution < 1.29 is 18.3 Å². The number of guanidine groups is 1. The minimum absolute atomic E-state index is 0.0919. The minimum atomic E-state index is -2.90. The number of hydrogen-bond acceptors (Lipinski definition) is 4. The molecule has 2 N–H and O–H groups in total. The number of nitrogens with one attached hydrogen (secondary N) is 2. The molecular weight excluding hydrogens is 392 g/mol. The first kappa shape index (κ1) is 21.4. The first-order valence-corrected chi connectivity index (χ1v) is 9.50. The van der Waals surface area contributed by atoms with E-state index in [0.717, 1.165) is 16.9 Å². The summed E-state index contributed by atoms with van der Waals surface area (Å²) in [5.41, 5.74) is 2.57. The van der Waals surface area contributed by atoms with Crippen LogP contribution in [0.1, 0.15) is 11.4 Å². The van der Waals surface area contributed by atoms with E-state index in [-0.39, 0.29) is 12.3 Å². The molecule has 0 saturated carbocycles. The number of alkyl halides is 2. The Hall–Kier alpha value is -3.36. The number of ether oxygens (including phenoxy) is 2. The number of fused-ring (bicyclic) bond motifs is 1. The number of hydrogen-bond donors (Lipinski definition) is 2. The van der Waals surface area contributed by atoms with Crippen molar-refractivity contribution in [3.05, 3.63) is 53.9 Å². The first-order valence-electron chi connectivity index (χ1n) is 9.50. The number of halogens is 2. The molecule has 160 valence electrons. The van der Waals surface area contributed by atoms with Gasteiger partial charge in [-0.1, -0.05) is 12.1 Å². The van der Waals surface area contributed by atoms with Crippen LogP contribution in [0, 0.1) is 6.92 Å². The van der Waals surface area contributed by atoms with Crippen LogP contribution >= 0.6 is 0 Å². The number of aliphatic imine (C=N–C) groups is 1. The predicted octanol–water partition coefficient (Wildman–Crippen LogP) is 3.32. The van der Waals surface area contributed by atoms with Crippen molar-refractivity contribution in [3.8, 4) is 11.5 Å². The lowest BCUT2D eigenvalue weighted by molar-refractivity contribution is -0.0504. The number of nitrogens with zero attached hydrogens (tertiary/aromatic N) is 3. The van der Waals surface area contributed by atoms with Gasteiger partial charge in [0.25, 0.3) is 0 Å². The lowest BCUT2D eigenvalue weighted by Crippen LogP contribution is -2.38. The van der Waals surface area contributed by atoms with E-state index in [2.05, 4.69) is 29.9 Å². The van der Waals surface area contributed by atoms with E-state index in [9.17, 15) is 8.78 Å². The van der Waals surface area contributed by atoms with Gasteiger partial charge in [-0.25, -0.2) is 4.98 Å². The molecule has 0 unspecified atom stereocenters. The number of methoxy groups -OCH3 is 1. The van der Waals surface area contributed by atoms with E-state index in [1.165, 1.54) is 13.2 Å². The fourth-order valence-corrected chi connectivity index (χ4v) is 3.20. The number of aromatic nitrogens is 2. The Labute approximate surface area is 173 Å². The van der Waals surface area contributed by atoms with Crippen LogP contribution in [0.5, 0.6) is 11.5 Å². The van der Waals surface area contributed by atoms with Gasteiger partial charge in [-0.05, 0) is 37.3 Å². The molecule has 0 aliphatic heterocycles. The number of imidazole rings is 1. The molecule has 0 saturated heterocycles. The summed E-state index contributed by atoms with van der Waals surface area (Å²) in [7, 11) is 3.16. The average molecular weight is 417 g/mol. The van der Waals surface area contributed by atoms with E-state index in [4.69, 9.17) is 4.74 Å². The van der Waals surface area contributed by atoms with Crippen LogP contribution in [0.25, 0.3) is 11.0 Å². The third-order valence-electron chi connectivity index (χ3n) is 4.63. The normalized spacial score (nSPS) is 11.7. The van der Waals surface area contributed by atoms with Gasteiger partial charge in [-0.15, -0.1) is 0 Å². The highest BCUT2D eigenvalue weighted by Crippen LogP contribution is 2.25. The molecule has 0 atom stereocenters.